The van der Waals surface area contributed by atoms with E-state index in [1.54, 1.807) is 6.20 Å². The van der Waals surface area contributed by atoms with Gasteiger partial charge in [-0.15, -0.1) is 0 Å². The van der Waals surface area contributed by atoms with Crippen molar-refractivity contribution in [1.29, 1.82) is 0 Å². The van der Waals surface area contributed by atoms with Gasteiger partial charge in [-0.1, -0.05) is 17.7 Å². The Morgan fingerprint density at radius 1 is 1.11 bits per heavy atom. The number of phenolic OH excluding ortho intramolecular Hbond substituents is 1. The van der Waals surface area contributed by atoms with E-state index in [1.807, 2.05) is 18.2 Å². The highest BCUT2D eigenvalue weighted by Crippen LogP contribution is 2.71. The van der Waals surface area contributed by atoms with Gasteiger partial charge < -0.3 is 20.3 Å². The third kappa shape index (κ3) is 2.72. The zero-order valence-corrected chi connectivity index (χ0v) is 21.3. The van der Waals surface area contributed by atoms with E-state index in [-0.39, 0.29) is 23.3 Å². The van der Waals surface area contributed by atoms with E-state index in [4.69, 9.17) is 16.3 Å². The van der Waals surface area contributed by atoms with Crippen LogP contribution in [-0.4, -0.2) is 57.0 Å². The molecule has 2 aliphatic heterocycles. The number of halogens is 1. The fourth-order valence-corrected chi connectivity index (χ4v) is 9.07. The number of ether oxygens (including phenoxy) is 1. The fourth-order valence-electron chi connectivity index (χ4n) is 8.96. The van der Waals surface area contributed by atoms with Gasteiger partial charge >= 0.3 is 0 Å². The molecule has 190 valence electrons. The van der Waals surface area contributed by atoms with Crippen LogP contribution in [0.5, 0.6) is 11.5 Å². The first kappa shape index (κ1) is 22.2. The molecule has 6 aliphatic rings. The average Bonchev–Trinajstić information content (AvgIpc) is 3.60. The Morgan fingerprint density at radius 2 is 2.00 bits per heavy atom. The van der Waals surface area contributed by atoms with Crippen LogP contribution >= 0.6 is 11.6 Å². The van der Waals surface area contributed by atoms with Crippen LogP contribution in [0, 0.1) is 11.3 Å². The number of aromatic hydroxyl groups is 1. The number of fused-ring (bicyclic) bond motifs is 1. The minimum atomic E-state index is -0.819. The monoisotopic (exact) mass is 507 g/mol. The first-order chi connectivity index (χ1) is 17.4. The van der Waals surface area contributed by atoms with Gasteiger partial charge in [0.15, 0.2) is 11.5 Å². The highest BCUT2D eigenvalue weighted by atomic mass is 35.5. The molecule has 1 aromatic carbocycles. The maximum atomic E-state index is 12.7. The lowest BCUT2D eigenvalue weighted by Crippen LogP contribution is -2.80. The lowest BCUT2D eigenvalue weighted by atomic mass is 9.40. The zero-order valence-electron chi connectivity index (χ0n) is 20.5. The smallest absolute Gasteiger partial charge is 0.165 e. The van der Waals surface area contributed by atoms with Crippen LogP contribution in [0.3, 0.4) is 0 Å². The highest BCUT2D eigenvalue weighted by molar-refractivity contribution is 6.30. The lowest BCUT2D eigenvalue weighted by Gasteiger charge is -2.69. The van der Waals surface area contributed by atoms with E-state index in [2.05, 4.69) is 21.3 Å². The first-order valence-corrected chi connectivity index (χ1v) is 14.1. The Labute approximate surface area is 217 Å². The number of phenols is 1. The highest BCUT2D eigenvalue weighted by Gasteiger charge is 2.77. The van der Waals surface area contributed by atoms with Crippen molar-refractivity contribution in [3.8, 4) is 11.5 Å². The molecule has 0 unspecified atom stereocenters. The van der Waals surface area contributed by atoms with Gasteiger partial charge in [-0.05, 0) is 87.6 Å². The Morgan fingerprint density at radius 3 is 2.75 bits per heavy atom. The van der Waals surface area contributed by atoms with E-state index >= 15 is 0 Å². The van der Waals surface area contributed by atoms with Crippen LogP contribution in [0.4, 0.5) is 0 Å². The van der Waals surface area contributed by atoms with E-state index in [0.717, 1.165) is 68.8 Å². The molecule has 6 nitrogen and oxygen atoms in total. The first-order valence-electron chi connectivity index (χ1n) is 13.8. The summed E-state index contributed by atoms with van der Waals surface area (Å²) < 4.78 is 6.86. The van der Waals surface area contributed by atoms with Crippen molar-refractivity contribution >= 4 is 11.6 Å². The molecule has 4 aliphatic carbocycles. The minimum absolute atomic E-state index is 0.0536. The fraction of sp³-hybridized carbons (Fsp3) is 0.621. The summed E-state index contributed by atoms with van der Waals surface area (Å²) in [6.07, 6.45) is 9.89. The molecule has 2 spiro atoms. The molecule has 4 fully saturated rings. The Kier molecular flexibility index (Phi) is 4.54. The molecule has 0 radical (unpaired) electrons. The number of benzene rings is 1. The minimum Gasteiger partial charge on any atom is -0.504 e. The number of aromatic nitrogens is 1. The number of hydrogen-bond donors (Lipinski definition) is 3. The van der Waals surface area contributed by atoms with Crippen LogP contribution in [0.2, 0.25) is 5.02 Å². The van der Waals surface area contributed by atoms with Crippen molar-refractivity contribution in [2.75, 3.05) is 13.1 Å². The largest absolute Gasteiger partial charge is 0.504 e. The van der Waals surface area contributed by atoms with Crippen LogP contribution < -0.4 is 10.1 Å². The number of likely N-dealkylation sites (tertiary alicyclic amines) is 1. The van der Waals surface area contributed by atoms with E-state index in [9.17, 15) is 10.2 Å². The van der Waals surface area contributed by atoms with Crippen molar-refractivity contribution in [3.05, 3.63) is 52.3 Å². The summed E-state index contributed by atoms with van der Waals surface area (Å²) in [4.78, 5) is 7.08. The summed E-state index contributed by atoms with van der Waals surface area (Å²) in [6.45, 7) is 2.80. The maximum absolute atomic E-state index is 12.7. The van der Waals surface area contributed by atoms with E-state index < -0.39 is 11.0 Å². The molecule has 3 N–H and O–H groups in total. The second-order valence-electron chi connectivity index (χ2n) is 12.4. The summed E-state index contributed by atoms with van der Waals surface area (Å²) in [5.74, 6) is 1.67. The van der Waals surface area contributed by atoms with Crippen LogP contribution in [0.15, 0.2) is 30.5 Å². The zero-order chi connectivity index (χ0) is 24.3. The number of nitrogens with one attached hydrogen (secondary N) is 1. The molecule has 3 saturated carbocycles. The van der Waals surface area contributed by atoms with Gasteiger partial charge in [0.05, 0.1) is 21.7 Å². The predicted octanol–water partition coefficient (Wildman–Crippen LogP) is 3.94. The lowest BCUT2D eigenvalue weighted by molar-refractivity contribution is -0.236. The number of nitrogens with zero attached hydrogens (tertiary/aromatic N) is 2. The molecule has 2 aromatic rings. The molecule has 3 heterocycles. The summed E-state index contributed by atoms with van der Waals surface area (Å²) >= 11 is 6.04. The van der Waals surface area contributed by atoms with Crippen molar-refractivity contribution in [1.82, 2.24) is 15.2 Å². The van der Waals surface area contributed by atoms with Crippen LogP contribution in [0.25, 0.3) is 0 Å². The van der Waals surface area contributed by atoms with Gasteiger partial charge in [-0.3, -0.25) is 9.88 Å². The summed E-state index contributed by atoms with van der Waals surface area (Å²) in [7, 11) is 0. The predicted molar refractivity (Wildman–Crippen MR) is 136 cm³/mol. The molecule has 2 bridgehead atoms. The molecule has 6 atom stereocenters. The molecule has 7 heteroatoms. The second kappa shape index (κ2) is 7.37. The molecular weight excluding hydrogens is 474 g/mol. The summed E-state index contributed by atoms with van der Waals surface area (Å²) in [5.41, 5.74) is 2.06. The van der Waals surface area contributed by atoms with Gasteiger partial charge in [0.2, 0.25) is 0 Å². The second-order valence-corrected chi connectivity index (χ2v) is 12.9. The SMILES string of the molecule is Oc1ccc2c3c1O[C@H]1[C@@]4(CC[C@@H]4NCc4ccc(Cl)cn4)CC[C@@]4(O)[C@H](C2)N(CC2CC2)CC[C@]314. The Hall–Kier alpha value is -1.86. The molecule has 8 rings (SSSR count). The maximum Gasteiger partial charge on any atom is 0.165 e. The van der Waals surface area contributed by atoms with E-state index in [1.165, 1.54) is 18.4 Å². The summed E-state index contributed by atoms with van der Waals surface area (Å²) in [5, 5.41) is 28.1. The molecule has 36 heavy (non-hydrogen) atoms. The summed E-state index contributed by atoms with van der Waals surface area (Å²) in [6, 6.07) is 8.20. The van der Waals surface area contributed by atoms with Crippen LogP contribution in [-0.2, 0) is 18.4 Å². The number of hydrogen-bond acceptors (Lipinski definition) is 6. The van der Waals surface area contributed by atoms with Gasteiger partial charge in [-0.2, -0.15) is 0 Å². The molecule has 1 saturated heterocycles. The third-order valence-electron chi connectivity index (χ3n) is 10.9. The molecule has 1 aromatic heterocycles. The normalized spacial score (nSPS) is 40.0. The third-order valence-corrected chi connectivity index (χ3v) is 11.1. The number of aliphatic hydroxyl groups is 1. The average molecular weight is 508 g/mol. The quantitative estimate of drug-likeness (QED) is 0.569. The van der Waals surface area contributed by atoms with Crippen molar-refractivity contribution in [3.63, 3.8) is 0 Å². The van der Waals surface area contributed by atoms with Gasteiger partial charge in [0.25, 0.3) is 0 Å². The molecular formula is C29H34ClN3O3. The standard InChI is InChI=1S/C29H34ClN3O3/c30-19-4-5-20(31-14-19)15-32-22-7-8-27(22)9-10-29(35)23-13-18-3-6-21(34)25-24(18)28(29,26(27)36-25)11-12-33(23)16-17-1-2-17/h3-6,14,17,22-23,26,32,34-35H,1-2,7-13,15-16H2/t22-,23-,26-,27-,28-,29+/m0/s1. The Bertz CT molecular complexity index is 1240. The molecule has 0 amide bonds. The van der Waals surface area contributed by atoms with Crippen molar-refractivity contribution < 1.29 is 14.9 Å². The number of pyridine rings is 1. The van der Waals surface area contributed by atoms with Crippen molar-refractivity contribution in [2.45, 2.75) is 87.1 Å². The Balaban J connectivity index is 1.18. The van der Waals surface area contributed by atoms with Gasteiger partial charge in [0.1, 0.15) is 6.10 Å². The topological polar surface area (TPSA) is 77.8 Å². The van der Waals surface area contributed by atoms with Gasteiger partial charge in [-0.25, -0.2) is 0 Å². The van der Waals surface area contributed by atoms with Gasteiger partial charge in [0, 0.05) is 42.3 Å². The van der Waals surface area contributed by atoms with Crippen molar-refractivity contribution in [2.24, 2.45) is 11.3 Å². The number of piperidine rings is 1. The number of rotatable bonds is 5. The van der Waals surface area contributed by atoms with E-state index in [0.29, 0.717) is 23.4 Å². The van der Waals surface area contributed by atoms with Crippen LogP contribution in [0.1, 0.15) is 61.8 Å².